The van der Waals surface area contributed by atoms with E-state index >= 15 is 0 Å². The first kappa shape index (κ1) is 28.1. The lowest BCUT2D eigenvalue weighted by Gasteiger charge is -2.34. The van der Waals surface area contributed by atoms with Crippen LogP contribution in [0.25, 0.3) is 0 Å². The topological polar surface area (TPSA) is 49.4 Å². The zero-order valence-corrected chi connectivity index (χ0v) is 23.2. The number of thioether (sulfide) groups is 1. The molecule has 0 heterocycles. The molecule has 1 N–H and O–H groups in total. The van der Waals surface area contributed by atoms with E-state index in [1.54, 1.807) is 11.0 Å². The second-order valence-electron chi connectivity index (χ2n) is 9.64. The minimum Gasteiger partial charge on any atom is -0.350 e. The van der Waals surface area contributed by atoms with Gasteiger partial charge in [-0.2, -0.15) is 0 Å². The molecule has 2 amide bonds. The Hall–Kier alpha value is -2.47. The SMILES string of the molecule is CC(C)(C)NC(=O)[C@@H](Cc1ccccc1)N(Cc1ccccc1Cl)C(=O)CSCc1ccccc1Cl. The average Bonchev–Trinajstić information content (AvgIpc) is 2.83. The number of rotatable bonds is 10. The fourth-order valence-electron chi connectivity index (χ4n) is 3.76. The molecule has 0 spiro atoms. The van der Waals surface area contributed by atoms with Gasteiger partial charge in [0.2, 0.25) is 11.8 Å². The molecule has 36 heavy (non-hydrogen) atoms. The monoisotopic (exact) mass is 542 g/mol. The third kappa shape index (κ3) is 8.58. The summed E-state index contributed by atoms with van der Waals surface area (Å²) in [6.45, 7) is 6.04. The summed E-state index contributed by atoms with van der Waals surface area (Å²) in [6, 6.07) is 24.1. The molecule has 0 saturated carbocycles. The van der Waals surface area contributed by atoms with Crippen molar-refractivity contribution in [3.63, 3.8) is 0 Å². The van der Waals surface area contributed by atoms with Gasteiger partial charge >= 0.3 is 0 Å². The van der Waals surface area contributed by atoms with Crippen molar-refractivity contribution >= 4 is 46.8 Å². The van der Waals surface area contributed by atoms with Crippen LogP contribution in [0.4, 0.5) is 0 Å². The van der Waals surface area contributed by atoms with Crippen LogP contribution in [0.15, 0.2) is 78.9 Å². The number of hydrogen-bond acceptors (Lipinski definition) is 3. The molecule has 190 valence electrons. The number of halogens is 2. The van der Waals surface area contributed by atoms with E-state index < -0.39 is 11.6 Å². The summed E-state index contributed by atoms with van der Waals surface area (Å²) in [7, 11) is 0. The highest BCUT2D eigenvalue weighted by Crippen LogP contribution is 2.24. The first-order valence-corrected chi connectivity index (χ1v) is 13.7. The van der Waals surface area contributed by atoms with E-state index in [9.17, 15) is 9.59 Å². The van der Waals surface area contributed by atoms with Crippen LogP contribution >= 0.6 is 35.0 Å². The van der Waals surface area contributed by atoms with Gasteiger partial charge in [-0.25, -0.2) is 0 Å². The molecule has 4 nitrogen and oxygen atoms in total. The maximum Gasteiger partial charge on any atom is 0.243 e. The molecular weight excluding hydrogens is 511 g/mol. The number of carbonyl (C=O) groups excluding carboxylic acids is 2. The average molecular weight is 544 g/mol. The maximum atomic E-state index is 13.7. The number of benzene rings is 3. The van der Waals surface area contributed by atoms with Gasteiger partial charge in [-0.3, -0.25) is 9.59 Å². The Morgan fingerprint density at radius 2 is 1.42 bits per heavy atom. The van der Waals surface area contributed by atoms with Gasteiger partial charge in [0.1, 0.15) is 6.04 Å². The highest BCUT2D eigenvalue weighted by Gasteiger charge is 2.32. The second-order valence-corrected chi connectivity index (χ2v) is 11.4. The van der Waals surface area contributed by atoms with Gasteiger partial charge < -0.3 is 10.2 Å². The lowest BCUT2D eigenvalue weighted by Crippen LogP contribution is -2.54. The van der Waals surface area contributed by atoms with E-state index in [1.165, 1.54) is 11.8 Å². The third-order valence-corrected chi connectivity index (χ3v) is 7.21. The quantitative estimate of drug-likeness (QED) is 0.307. The summed E-state index contributed by atoms with van der Waals surface area (Å²) in [5.74, 6) is 0.493. The van der Waals surface area contributed by atoms with Gasteiger partial charge in [-0.15, -0.1) is 11.8 Å². The molecule has 7 heteroatoms. The van der Waals surface area contributed by atoms with Gasteiger partial charge in [-0.1, -0.05) is 89.9 Å². The van der Waals surface area contributed by atoms with Gasteiger partial charge in [-0.05, 0) is 49.6 Å². The van der Waals surface area contributed by atoms with Crippen LogP contribution in [0, 0.1) is 0 Å². The largest absolute Gasteiger partial charge is 0.350 e. The van der Waals surface area contributed by atoms with Crippen LogP contribution < -0.4 is 5.32 Å². The van der Waals surface area contributed by atoms with Crippen LogP contribution in [0.3, 0.4) is 0 Å². The molecule has 0 bridgehead atoms. The highest BCUT2D eigenvalue weighted by molar-refractivity contribution is 7.99. The number of amides is 2. The molecule has 0 unspecified atom stereocenters. The minimum atomic E-state index is -0.698. The Kier molecular flexibility index (Phi) is 10.3. The van der Waals surface area contributed by atoms with Crippen LogP contribution in [-0.4, -0.2) is 34.0 Å². The fourth-order valence-corrected chi connectivity index (χ4v) is 5.16. The molecule has 0 radical (unpaired) electrons. The van der Waals surface area contributed by atoms with Crippen molar-refractivity contribution in [2.75, 3.05) is 5.75 Å². The summed E-state index contributed by atoms with van der Waals surface area (Å²) in [6.07, 6.45) is 0.397. The zero-order valence-electron chi connectivity index (χ0n) is 20.8. The van der Waals surface area contributed by atoms with Gasteiger partial charge in [0, 0.05) is 34.3 Å². The van der Waals surface area contributed by atoms with Crippen LogP contribution in [0.2, 0.25) is 10.0 Å². The van der Waals surface area contributed by atoms with Crippen molar-refractivity contribution in [3.05, 3.63) is 106 Å². The van der Waals surface area contributed by atoms with Crippen molar-refractivity contribution in [1.29, 1.82) is 0 Å². The summed E-state index contributed by atoms with van der Waals surface area (Å²) in [4.78, 5) is 28.9. The first-order valence-electron chi connectivity index (χ1n) is 11.8. The molecule has 0 aromatic heterocycles. The standard InChI is InChI=1S/C29H32Cl2N2O2S/c1-29(2,3)32-28(35)26(17-21-11-5-4-6-12-21)33(18-22-13-7-9-15-24(22)30)27(34)20-36-19-23-14-8-10-16-25(23)31/h4-16,26H,17-20H2,1-3H3,(H,32,35)/t26-/m1/s1. The van der Waals surface area contributed by atoms with E-state index in [-0.39, 0.29) is 24.1 Å². The van der Waals surface area contributed by atoms with Crippen molar-refractivity contribution in [1.82, 2.24) is 10.2 Å². The highest BCUT2D eigenvalue weighted by atomic mass is 35.5. The Bertz CT molecular complexity index is 1170. The molecule has 0 fully saturated rings. The van der Waals surface area contributed by atoms with Crippen LogP contribution in [0.1, 0.15) is 37.5 Å². The third-order valence-electron chi connectivity index (χ3n) is 5.51. The number of nitrogens with zero attached hydrogens (tertiary/aromatic N) is 1. The van der Waals surface area contributed by atoms with E-state index in [0.29, 0.717) is 22.2 Å². The smallest absolute Gasteiger partial charge is 0.243 e. The lowest BCUT2D eigenvalue weighted by molar-refractivity contribution is -0.140. The molecular formula is C29H32Cl2N2O2S. The van der Waals surface area contributed by atoms with E-state index in [0.717, 1.165) is 16.7 Å². The van der Waals surface area contributed by atoms with Crippen LogP contribution in [-0.2, 0) is 28.3 Å². The Morgan fingerprint density at radius 1 is 0.861 bits per heavy atom. The fraction of sp³-hybridized carbons (Fsp3) is 0.310. The van der Waals surface area contributed by atoms with Gasteiger partial charge in [0.15, 0.2) is 0 Å². The first-order chi connectivity index (χ1) is 17.1. The Balaban J connectivity index is 1.89. The second kappa shape index (κ2) is 13.2. The van der Waals surface area contributed by atoms with Crippen molar-refractivity contribution in [3.8, 4) is 0 Å². The van der Waals surface area contributed by atoms with Crippen molar-refractivity contribution in [2.45, 2.75) is 51.1 Å². The normalized spacial score (nSPS) is 12.1. The summed E-state index contributed by atoms with van der Waals surface area (Å²) in [5.41, 5.74) is 2.31. The lowest BCUT2D eigenvalue weighted by atomic mass is 10.0. The van der Waals surface area contributed by atoms with Crippen molar-refractivity contribution < 1.29 is 9.59 Å². The number of hydrogen-bond donors (Lipinski definition) is 1. The number of nitrogens with one attached hydrogen (secondary N) is 1. The van der Waals surface area contributed by atoms with E-state index in [2.05, 4.69) is 5.32 Å². The summed E-state index contributed by atoms with van der Waals surface area (Å²) in [5, 5.41) is 4.32. The van der Waals surface area contributed by atoms with Crippen LogP contribution in [0.5, 0.6) is 0 Å². The predicted octanol–water partition coefficient (Wildman–Crippen LogP) is 6.78. The molecule has 0 aliphatic carbocycles. The molecule has 0 aliphatic heterocycles. The minimum absolute atomic E-state index is 0.128. The van der Waals surface area contributed by atoms with Gasteiger partial charge in [0.25, 0.3) is 0 Å². The Labute approximate surface area is 228 Å². The Morgan fingerprint density at radius 3 is 2.00 bits per heavy atom. The summed E-state index contributed by atoms with van der Waals surface area (Å²) < 4.78 is 0. The van der Waals surface area contributed by atoms with E-state index in [1.807, 2.05) is 93.6 Å². The molecule has 3 aromatic carbocycles. The summed E-state index contributed by atoms with van der Waals surface area (Å²) >= 11 is 14.2. The van der Waals surface area contributed by atoms with Crippen molar-refractivity contribution in [2.24, 2.45) is 0 Å². The molecule has 0 aliphatic rings. The molecule has 1 atom stereocenters. The van der Waals surface area contributed by atoms with Gasteiger partial charge in [0.05, 0.1) is 5.75 Å². The molecule has 3 rings (SSSR count). The zero-order chi connectivity index (χ0) is 26.1. The number of carbonyl (C=O) groups is 2. The predicted molar refractivity (Wildman–Crippen MR) is 151 cm³/mol. The van der Waals surface area contributed by atoms with E-state index in [4.69, 9.17) is 23.2 Å². The molecule has 0 saturated heterocycles. The maximum absolute atomic E-state index is 13.7. The molecule has 3 aromatic rings.